The lowest BCUT2D eigenvalue weighted by molar-refractivity contribution is -0.274. The molecule has 1 N–H and O–H groups in total. The number of aliphatic imine (C=N–C) groups is 2. The van der Waals surface area contributed by atoms with Crippen LogP contribution in [0, 0.1) is 5.82 Å². The van der Waals surface area contributed by atoms with E-state index in [1.807, 2.05) is 18.2 Å². The van der Waals surface area contributed by atoms with E-state index >= 15 is 0 Å². The molecule has 0 bridgehead atoms. The van der Waals surface area contributed by atoms with Gasteiger partial charge in [-0.3, -0.25) is 9.98 Å². The second-order valence-corrected chi connectivity index (χ2v) is 10.4. The number of aromatic nitrogens is 1. The molecule has 0 atom stereocenters. The Morgan fingerprint density at radius 1 is 1.00 bits per heavy atom. The van der Waals surface area contributed by atoms with Crippen LogP contribution in [0.5, 0.6) is 11.6 Å². The Balaban J connectivity index is 1.47. The van der Waals surface area contributed by atoms with Gasteiger partial charge in [0.15, 0.2) is 0 Å². The first-order valence-electron chi connectivity index (χ1n) is 14.0. The zero-order valence-corrected chi connectivity index (χ0v) is 23.4. The van der Waals surface area contributed by atoms with Gasteiger partial charge in [-0.15, -0.1) is 13.2 Å². The van der Waals surface area contributed by atoms with Crippen LogP contribution in [-0.2, 0) is 6.54 Å². The monoisotopic (exact) mass is 591 g/mol. The summed E-state index contributed by atoms with van der Waals surface area (Å²) in [7, 11) is 1.55. The summed E-state index contributed by atoms with van der Waals surface area (Å²) in [6.45, 7) is 0.267. The normalized spacial score (nSPS) is 18.1. The van der Waals surface area contributed by atoms with Crippen molar-refractivity contribution in [3.8, 4) is 11.6 Å². The number of nitrogens with zero attached hydrogens (tertiary/aromatic N) is 4. The lowest BCUT2D eigenvalue weighted by Gasteiger charge is -2.31. The lowest BCUT2D eigenvalue weighted by Crippen LogP contribution is -2.29. The Kier molecular flexibility index (Phi) is 7.88. The van der Waals surface area contributed by atoms with Gasteiger partial charge in [0.25, 0.3) is 0 Å². The minimum absolute atomic E-state index is 0.128. The van der Waals surface area contributed by atoms with Crippen molar-refractivity contribution in [3.05, 3.63) is 95.7 Å². The molecule has 0 saturated heterocycles. The Bertz CT molecular complexity index is 1620. The number of ether oxygens (including phenoxy) is 2. The third-order valence-corrected chi connectivity index (χ3v) is 7.50. The van der Waals surface area contributed by atoms with Crippen LogP contribution in [0.4, 0.5) is 34.6 Å². The Morgan fingerprint density at radius 2 is 1.79 bits per heavy atom. The minimum atomic E-state index is -4.82. The number of rotatable bonds is 6. The third kappa shape index (κ3) is 6.40. The first kappa shape index (κ1) is 28.4. The third-order valence-electron chi connectivity index (χ3n) is 7.50. The highest BCUT2D eigenvalue weighted by molar-refractivity contribution is 6.26. The van der Waals surface area contributed by atoms with E-state index < -0.39 is 12.2 Å². The Labute approximate surface area is 246 Å². The lowest BCUT2D eigenvalue weighted by atomic mass is 9.95. The van der Waals surface area contributed by atoms with Gasteiger partial charge in [-0.1, -0.05) is 25.3 Å². The number of fused-ring (bicyclic) bond motifs is 2. The van der Waals surface area contributed by atoms with Crippen LogP contribution in [0.25, 0.3) is 0 Å². The van der Waals surface area contributed by atoms with E-state index in [1.54, 1.807) is 30.3 Å². The summed E-state index contributed by atoms with van der Waals surface area (Å²) in [5.74, 6) is -0.379. The van der Waals surface area contributed by atoms with Crippen molar-refractivity contribution >= 4 is 28.5 Å². The zero-order chi connectivity index (χ0) is 30.0. The Morgan fingerprint density at radius 3 is 2.53 bits per heavy atom. The van der Waals surface area contributed by atoms with Crippen molar-refractivity contribution in [1.29, 1.82) is 0 Å². The highest BCUT2D eigenvalue weighted by Gasteiger charge is 2.32. The van der Waals surface area contributed by atoms with Gasteiger partial charge >= 0.3 is 6.36 Å². The smallest absolute Gasteiger partial charge is 0.480 e. The number of benzene rings is 2. The van der Waals surface area contributed by atoms with Gasteiger partial charge in [0.2, 0.25) is 5.88 Å². The molecule has 3 aromatic rings. The maximum absolute atomic E-state index is 14.7. The molecule has 7 nitrogen and oxygen atoms in total. The number of hydrogen-bond acceptors (Lipinski definition) is 7. The Hall–Kier alpha value is -4.67. The number of pyridine rings is 1. The average molecular weight is 592 g/mol. The number of methoxy groups -OCH3 is 1. The van der Waals surface area contributed by atoms with E-state index in [2.05, 4.69) is 15.0 Å². The first-order chi connectivity index (χ1) is 20.8. The van der Waals surface area contributed by atoms with Crippen molar-refractivity contribution in [2.45, 2.75) is 51.1 Å². The first-order valence-corrected chi connectivity index (χ1v) is 14.0. The van der Waals surface area contributed by atoms with Crippen LogP contribution in [0.3, 0.4) is 0 Å². The van der Waals surface area contributed by atoms with E-state index in [9.17, 15) is 17.6 Å². The number of nitrogens with one attached hydrogen (secondary N) is 1. The summed E-state index contributed by atoms with van der Waals surface area (Å²) in [4.78, 5) is 16.1. The van der Waals surface area contributed by atoms with E-state index in [0.29, 0.717) is 45.8 Å². The van der Waals surface area contributed by atoms with Gasteiger partial charge in [0.1, 0.15) is 17.3 Å². The van der Waals surface area contributed by atoms with Gasteiger partial charge in [-0.25, -0.2) is 9.37 Å². The fourth-order valence-corrected chi connectivity index (χ4v) is 5.53. The maximum Gasteiger partial charge on any atom is 0.573 e. The molecular weight excluding hydrogens is 562 g/mol. The summed E-state index contributed by atoms with van der Waals surface area (Å²) in [6.07, 6.45) is 5.92. The molecule has 1 aliphatic heterocycles. The molecule has 0 unspecified atom stereocenters. The van der Waals surface area contributed by atoms with Crippen LogP contribution >= 0.6 is 0 Å². The maximum atomic E-state index is 14.7. The van der Waals surface area contributed by atoms with Gasteiger partial charge in [-0.2, -0.15) is 0 Å². The standard InChI is InChI=1S/C32H29F4N5O2/c1-42-31-25(8-5-15-37-31)40-26-17-28-30(18-27(26)39-22-6-3-2-4-7-22)41(29-16-21(33)10-9-20(29)19-38-28)23-11-13-24(14-12-23)43-32(34,35)36/h5,8-18,22,40H,2-4,6-7,19H2,1H3. The highest BCUT2D eigenvalue weighted by atomic mass is 19.4. The summed E-state index contributed by atoms with van der Waals surface area (Å²) in [5, 5.41) is 3.42. The summed E-state index contributed by atoms with van der Waals surface area (Å²) in [6, 6.07) is 13.7. The second kappa shape index (κ2) is 11.9. The van der Waals surface area contributed by atoms with Crippen LogP contribution in [0.1, 0.15) is 37.7 Å². The number of hydrogen-bond donors (Lipinski definition) is 1. The number of alkyl halides is 3. The molecule has 2 aromatic carbocycles. The molecule has 0 spiro atoms. The van der Waals surface area contributed by atoms with Gasteiger partial charge in [-0.05, 0) is 79.1 Å². The SMILES string of the molecule is COc1ncccc1NC1=CC2=NCc3ccc(F)cc3N(c3ccc(OC(F)(F)F)cc3)C2=CC1=NC1CCCCC1. The van der Waals surface area contributed by atoms with E-state index in [-0.39, 0.29) is 18.3 Å². The van der Waals surface area contributed by atoms with Crippen molar-refractivity contribution in [2.24, 2.45) is 9.98 Å². The second-order valence-electron chi connectivity index (χ2n) is 10.4. The molecule has 1 aromatic heterocycles. The zero-order valence-electron chi connectivity index (χ0n) is 23.4. The summed E-state index contributed by atoms with van der Waals surface area (Å²) in [5.41, 5.74) is 5.04. The molecule has 1 fully saturated rings. The molecule has 43 heavy (non-hydrogen) atoms. The summed E-state index contributed by atoms with van der Waals surface area (Å²) >= 11 is 0. The molecule has 3 aliphatic rings. The van der Waals surface area contributed by atoms with E-state index in [0.717, 1.165) is 31.2 Å². The molecule has 6 rings (SSSR count). The predicted molar refractivity (Wildman–Crippen MR) is 158 cm³/mol. The molecule has 0 amide bonds. The number of halogens is 4. The summed E-state index contributed by atoms with van der Waals surface area (Å²) < 4.78 is 62.8. The molecule has 11 heteroatoms. The molecule has 0 radical (unpaired) electrons. The van der Waals surface area contributed by atoms with Gasteiger partial charge < -0.3 is 19.7 Å². The fraction of sp³-hybridized carbons (Fsp3) is 0.281. The van der Waals surface area contributed by atoms with Crippen molar-refractivity contribution < 1.29 is 27.0 Å². The topological polar surface area (TPSA) is 71.3 Å². The van der Waals surface area contributed by atoms with Crippen molar-refractivity contribution in [1.82, 2.24) is 4.98 Å². The van der Waals surface area contributed by atoms with E-state index in [1.165, 1.54) is 42.8 Å². The van der Waals surface area contributed by atoms with Crippen molar-refractivity contribution in [3.63, 3.8) is 0 Å². The van der Waals surface area contributed by atoms with Crippen molar-refractivity contribution in [2.75, 3.05) is 17.3 Å². The van der Waals surface area contributed by atoms with Crippen LogP contribution in [-0.4, -0.2) is 35.9 Å². The average Bonchev–Trinajstić information content (AvgIpc) is 3.14. The number of allylic oxidation sites excluding steroid dienone is 2. The van der Waals surface area contributed by atoms with Crippen LogP contribution in [0.2, 0.25) is 0 Å². The van der Waals surface area contributed by atoms with E-state index in [4.69, 9.17) is 14.7 Å². The molecular formula is C32H29F4N5O2. The van der Waals surface area contributed by atoms with Gasteiger partial charge in [0, 0.05) is 11.9 Å². The molecule has 2 aliphatic carbocycles. The predicted octanol–water partition coefficient (Wildman–Crippen LogP) is 7.89. The van der Waals surface area contributed by atoms with Crippen LogP contribution < -0.4 is 19.7 Å². The highest BCUT2D eigenvalue weighted by Crippen LogP contribution is 2.39. The van der Waals surface area contributed by atoms with Gasteiger partial charge in [0.05, 0.1) is 48.2 Å². The number of anilines is 3. The molecule has 222 valence electrons. The minimum Gasteiger partial charge on any atom is -0.480 e. The largest absolute Gasteiger partial charge is 0.573 e. The quantitative estimate of drug-likeness (QED) is 0.233. The fourth-order valence-electron chi connectivity index (χ4n) is 5.53. The van der Waals surface area contributed by atoms with Crippen LogP contribution in [0.15, 0.2) is 94.3 Å². The molecule has 2 heterocycles. The molecule has 1 saturated carbocycles.